The highest BCUT2D eigenvalue weighted by atomic mass is 32.2. The first-order valence-corrected chi connectivity index (χ1v) is 5.09. The summed E-state index contributed by atoms with van der Waals surface area (Å²) in [6.07, 6.45) is -3.08. The Kier molecular flexibility index (Phi) is 3.58. The van der Waals surface area contributed by atoms with Crippen molar-refractivity contribution < 1.29 is 18.4 Å². The molecule has 3 N–H and O–H groups in total. The van der Waals surface area contributed by atoms with Gasteiger partial charge in [0, 0.05) is 0 Å². The molecule has 1 rings (SSSR count). The first kappa shape index (κ1) is 12.6. The first-order chi connectivity index (χ1) is 7.38. The third-order valence-corrected chi connectivity index (χ3v) is 2.10. The fourth-order valence-corrected chi connectivity index (χ4v) is 1.22. The van der Waals surface area contributed by atoms with Gasteiger partial charge in [0.1, 0.15) is 11.4 Å². The summed E-state index contributed by atoms with van der Waals surface area (Å²) in [5.74, 6) is -0.497. The second kappa shape index (κ2) is 4.56. The average Bonchev–Trinajstić information content (AvgIpc) is 2.26. The minimum atomic E-state index is -4.60. The second-order valence-electron chi connectivity index (χ2n) is 2.61. The first-order valence-electron chi connectivity index (χ1n) is 3.86. The van der Waals surface area contributed by atoms with E-state index in [0.29, 0.717) is 6.07 Å². The van der Waals surface area contributed by atoms with E-state index in [-0.39, 0.29) is 10.9 Å². The highest BCUT2D eigenvalue weighted by molar-refractivity contribution is 7.98. The summed E-state index contributed by atoms with van der Waals surface area (Å²) in [5.41, 5.74) is 3.76. The number of nitrogens with zero attached hydrogens (tertiary/aromatic N) is 3. The maximum atomic E-state index is 12.4. The van der Waals surface area contributed by atoms with E-state index in [1.54, 1.807) is 0 Å². The largest absolute Gasteiger partial charge is 0.433 e. The number of hydrogen-bond donors (Lipinski definition) is 2. The standard InChI is InChI=1S/C7H7F3N4OS/c1-16-6-12-3(5(11)14-15)2-4(13-6)7(8,9)10/h2,15H,1H3,(H2,11,14). The zero-order valence-electron chi connectivity index (χ0n) is 7.99. The zero-order chi connectivity index (χ0) is 12.3. The van der Waals surface area contributed by atoms with E-state index < -0.39 is 17.7 Å². The number of oxime groups is 1. The van der Waals surface area contributed by atoms with Crippen LogP contribution in [0.2, 0.25) is 0 Å². The number of aromatic nitrogens is 2. The quantitative estimate of drug-likeness (QED) is 0.207. The Balaban J connectivity index is 3.32. The number of rotatable bonds is 2. The fraction of sp³-hybridized carbons (Fsp3) is 0.286. The van der Waals surface area contributed by atoms with E-state index >= 15 is 0 Å². The molecule has 0 bridgehead atoms. The van der Waals surface area contributed by atoms with E-state index in [1.165, 1.54) is 6.26 Å². The van der Waals surface area contributed by atoms with Crippen molar-refractivity contribution in [1.82, 2.24) is 9.97 Å². The highest BCUT2D eigenvalue weighted by Gasteiger charge is 2.33. The molecule has 88 valence electrons. The molecule has 0 aliphatic heterocycles. The van der Waals surface area contributed by atoms with E-state index in [9.17, 15) is 13.2 Å². The molecule has 0 radical (unpaired) electrons. The summed E-state index contributed by atoms with van der Waals surface area (Å²) in [7, 11) is 0. The third-order valence-electron chi connectivity index (χ3n) is 1.55. The van der Waals surface area contributed by atoms with E-state index in [0.717, 1.165) is 11.8 Å². The Bertz CT molecular complexity index is 421. The maximum absolute atomic E-state index is 12.4. The Labute approximate surface area is 92.6 Å². The van der Waals surface area contributed by atoms with Gasteiger partial charge in [0.15, 0.2) is 11.0 Å². The molecule has 0 unspecified atom stereocenters. The number of nitrogens with two attached hydrogens (primary N) is 1. The van der Waals surface area contributed by atoms with Crippen molar-refractivity contribution in [1.29, 1.82) is 0 Å². The molecular formula is C7H7F3N4OS. The van der Waals surface area contributed by atoms with Gasteiger partial charge in [-0.05, 0) is 12.3 Å². The Morgan fingerprint density at radius 1 is 1.50 bits per heavy atom. The predicted molar refractivity (Wildman–Crippen MR) is 51.3 cm³/mol. The van der Waals surface area contributed by atoms with Crippen LogP contribution in [-0.4, -0.2) is 27.3 Å². The smallest absolute Gasteiger partial charge is 0.409 e. The summed E-state index contributed by atoms with van der Waals surface area (Å²) in [5, 5.41) is 10.8. The van der Waals surface area contributed by atoms with Crippen LogP contribution in [0, 0.1) is 0 Å². The van der Waals surface area contributed by atoms with Crippen molar-refractivity contribution in [2.75, 3.05) is 6.26 Å². The average molecular weight is 252 g/mol. The molecule has 0 saturated heterocycles. The molecule has 1 aromatic rings. The molecule has 1 aromatic heterocycles. The topological polar surface area (TPSA) is 84.4 Å². The van der Waals surface area contributed by atoms with Gasteiger partial charge in [-0.25, -0.2) is 9.97 Å². The molecule has 0 saturated carbocycles. The lowest BCUT2D eigenvalue weighted by Gasteiger charge is -2.08. The van der Waals surface area contributed by atoms with Crippen LogP contribution in [0.1, 0.15) is 11.4 Å². The van der Waals surface area contributed by atoms with Crippen LogP contribution in [0.15, 0.2) is 16.4 Å². The third kappa shape index (κ3) is 2.75. The molecule has 0 atom stereocenters. The predicted octanol–water partition coefficient (Wildman–Crippen LogP) is 1.31. The van der Waals surface area contributed by atoms with Gasteiger partial charge in [-0.1, -0.05) is 16.9 Å². The SMILES string of the molecule is CSc1nc(C(N)=NO)cc(C(F)(F)F)n1. The van der Waals surface area contributed by atoms with Gasteiger partial charge in [0.05, 0.1) is 0 Å². The molecule has 0 fully saturated rings. The molecule has 0 aliphatic carbocycles. The highest BCUT2D eigenvalue weighted by Crippen LogP contribution is 2.28. The number of thioether (sulfide) groups is 1. The zero-order valence-corrected chi connectivity index (χ0v) is 8.80. The summed E-state index contributed by atoms with van der Waals surface area (Å²) in [4.78, 5) is 6.95. The van der Waals surface area contributed by atoms with Crippen molar-refractivity contribution in [2.24, 2.45) is 10.9 Å². The van der Waals surface area contributed by atoms with Crippen LogP contribution in [0.5, 0.6) is 0 Å². The Morgan fingerprint density at radius 3 is 2.56 bits per heavy atom. The summed E-state index contributed by atoms with van der Waals surface area (Å²) < 4.78 is 37.2. The lowest BCUT2D eigenvalue weighted by atomic mass is 10.3. The molecule has 5 nitrogen and oxygen atoms in total. The molecule has 16 heavy (non-hydrogen) atoms. The molecule has 1 heterocycles. The van der Waals surface area contributed by atoms with Gasteiger partial charge in [0.2, 0.25) is 0 Å². The maximum Gasteiger partial charge on any atom is 0.433 e. The molecule has 0 aliphatic rings. The lowest BCUT2D eigenvalue weighted by molar-refractivity contribution is -0.141. The van der Waals surface area contributed by atoms with Crippen LogP contribution in [-0.2, 0) is 6.18 Å². The molecule has 0 spiro atoms. The van der Waals surface area contributed by atoms with Crippen LogP contribution in [0.4, 0.5) is 13.2 Å². The Morgan fingerprint density at radius 2 is 2.12 bits per heavy atom. The van der Waals surface area contributed by atoms with Crippen molar-refractivity contribution >= 4 is 17.6 Å². The normalized spacial score (nSPS) is 12.9. The van der Waals surface area contributed by atoms with Gasteiger partial charge in [-0.2, -0.15) is 13.2 Å². The van der Waals surface area contributed by atoms with E-state index in [2.05, 4.69) is 15.1 Å². The number of alkyl halides is 3. The van der Waals surface area contributed by atoms with E-state index in [4.69, 9.17) is 10.9 Å². The lowest BCUT2D eigenvalue weighted by Crippen LogP contribution is -2.19. The Hall–Kier alpha value is -1.51. The van der Waals surface area contributed by atoms with E-state index in [1.807, 2.05) is 0 Å². The molecular weight excluding hydrogens is 245 g/mol. The number of halogens is 3. The van der Waals surface area contributed by atoms with Gasteiger partial charge >= 0.3 is 6.18 Å². The minimum Gasteiger partial charge on any atom is -0.409 e. The molecule has 0 aromatic carbocycles. The molecule has 0 amide bonds. The van der Waals surface area contributed by atoms with Crippen molar-refractivity contribution in [2.45, 2.75) is 11.3 Å². The summed E-state index contributed by atoms with van der Waals surface area (Å²) in [6.45, 7) is 0. The van der Waals surface area contributed by atoms with Crippen molar-refractivity contribution in [3.05, 3.63) is 17.5 Å². The van der Waals surface area contributed by atoms with Crippen LogP contribution in [0.25, 0.3) is 0 Å². The summed E-state index contributed by atoms with van der Waals surface area (Å²) in [6, 6.07) is 0.620. The van der Waals surface area contributed by atoms with Gasteiger partial charge in [0.25, 0.3) is 0 Å². The van der Waals surface area contributed by atoms with Gasteiger partial charge < -0.3 is 10.9 Å². The van der Waals surface area contributed by atoms with Gasteiger partial charge in [-0.3, -0.25) is 0 Å². The summed E-state index contributed by atoms with van der Waals surface area (Å²) >= 11 is 0.927. The fourth-order valence-electron chi connectivity index (χ4n) is 0.844. The van der Waals surface area contributed by atoms with Crippen molar-refractivity contribution in [3.63, 3.8) is 0 Å². The van der Waals surface area contributed by atoms with Crippen LogP contribution in [0.3, 0.4) is 0 Å². The van der Waals surface area contributed by atoms with Gasteiger partial charge in [-0.15, -0.1) is 0 Å². The van der Waals surface area contributed by atoms with Crippen LogP contribution >= 0.6 is 11.8 Å². The second-order valence-corrected chi connectivity index (χ2v) is 3.38. The number of hydrogen-bond acceptors (Lipinski definition) is 5. The van der Waals surface area contributed by atoms with Crippen molar-refractivity contribution in [3.8, 4) is 0 Å². The molecule has 9 heteroatoms. The minimum absolute atomic E-state index is 0.101. The monoisotopic (exact) mass is 252 g/mol. The van der Waals surface area contributed by atoms with Crippen LogP contribution < -0.4 is 5.73 Å². The number of amidine groups is 1.